The zero-order valence-electron chi connectivity index (χ0n) is 43.8. The third-order valence-electron chi connectivity index (χ3n) is 10.0. The van der Waals surface area contributed by atoms with E-state index in [-0.39, 0.29) is 23.5 Å². The van der Waals surface area contributed by atoms with Gasteiger partial charge >= 0.3 is 0 Å². The lowest BCUT2D eigenvalue weighted by atomic mass is 9.88. The Hall–Kier alpha value is -1.77. The van der Waals surface area contributed by atoms with E-state index in [0.717, 1.165) is 38.5 Å². The van der Waals surface area contributed by atoms with Gasteiger partial charge < -0.3 is 14.2 Å². The van der Waals surface area contributed by atoms with Crippen LogP contribution in [0.5, 0.6) is 0 Å². The molecular formula is C52H103N5O3. The molecule has 0 aliphatic heterocycles. The summed E-state index contributed by atoms with van der Waals surface area (Å²) in [5.74, 6) is 3.26. The smallest absolute Gasteiger partial charge is 0.0704 e. The first kappa shape index (κ1) is 60.3. The Kier molecular flexibility index (Phi) is 34.9. The molecule has 5 atom stereocenters. The second-order valence-corrected chi connectivity index (χ2v) is 20.9. The molecular weight excluding hydrogens is 743 g/mol. The quantitative estimate of drug-likeness (QED) is 0.0632. The Balaban J connectivity index is 0. The van der Waals surface area contributed by atoms with Crippen molar-refractivity contribution in [1.29, 1.82) is 0 Å². The molecule has 0 saturated heterocycles. The van der Waals surface area contributed by atoms with Crippen LogP contribution in [-0.2, 0) is 14.2 Å². The fraction of sp³-hybridized carbons (Fsp3) is 0.904. The second-order valence-electron chi connectivity index (χ2n) is 20.9. The SMILES string of the molecule is CC(CC(C)C)=NC(C)CCCC(C)N=C(C)CC(C)C.CCC(COCC(C)N=C(C)CC(C)C)(COCC(C)N=C(C)CC(C)C)COCC(C)N=C(C)CC(C)C. The summed E-state index contributed by atoms with van der Waals surface area (Å²) in [4.78, 5) is 24.1. The number of hydrogen-bond donors (Lipinski definition) is 0. The minimum atomic E-state index is -0.219. The van der Waals surface area contributed by atoms with Crippen molar-refractivity contribution in [3.05, 3.63) is 0 Å². The summed E-state index contributed by atoms with van der Waals surface area (Å²) in [6.45, 7) is 49.7. The topological polar surface area (TPSA) is 89.5 Å². The van der Waals surface area contributed by atoms with E-state index in [4.69, 9.17) is 39.2 Å². The van der Waals surface area contributed by atoms with Crippen LogP contribution in [0.2, 0.25) is 0 Å². The van der Waals surface area contributed by atoms with Crippen molar-refractivity contribution in [3.63, 3.8) is 0 Å². The zero-order chi connectivity index (χ0) is 46.4. The van der Waals surface area contributed by atoms with E-state index in [1.54, 1.807) is 0 Å². The first-order valence-electron chi connectivity index (χ1n) is 24.3. The highest BCUT2D eigenvalue weighted by Crippen LogP contribution is 2.25. The van der Waals surface area contributed by atoms with Gasteiger partial charge in [0.15, 0.2) is 0 Å². The number of ether oxygens (including phenoxy) is 3. The van der Waals surface area contributed by atoms with E-state index < -0.39 is 0 Å². The molecule has 60 heavy (non-hydrogen) atoms. The van der Waals surface area contributed by atoms with Gasteiger partial charge in [0.25, 0.3) is 0 Å². The summed E-state index contributed by atoms with van der Waals surface area (Å²) in [7, 11) is 0. The average Bonchev–Trinajstić information content (AvgIpc) is 3.06. The van der Waals surface area contributed by atoms with E-state index in [1.807, 2.05) is 0 Å². The van der Waals surface area contributed by atoms with E-state index in [1.165, 1.54) is 47.8 Å². The van der Waals surface area contributed by atoms with Gasteiger partial charge in [-0.05, 0) is 157 Å². The van der Waals surface area contributed by atoms with Crippen LogP contribution in [0.4, 0.5) is 0 Å². The predicted octanol–water partition coefficient (Wildman–Crippen LogP) is 14.1. The summed E-state index contributed by atoms with van der Waals surface area (Å²) in [6.07, 6.45) is 9.82. The van der Waals surface area contributed by atoms with Gasteiger partial charge in [0.2, 0.25) is 0 Å². The van der Waals surface area contributed by atoms with Crippen molar-refractivity contribution < 1.29 is 14.2 Å². The maximum atomic E-state index is 6.27. The minimum absolute atomic E-state index is 0.136. The van der Waals surface area contributed by atoms with Crippen LogP contribution in [0.25, 0.3) is 0 Å². The molecule has 0 radical (unpaired) electrons. The van der Waals surface area contributed by atoms with Crippen molar-refractivity contribution in [3.8, 4) is 0 Å². The third kappa shape index (κ3) is 36.8. The van der Waals surface area contributed by atoms with E-state index in [2.05, 4.69) is 145 Å². The first-order valence-corrected chi connectivity index (χ1v) is 24.3. The molecule has 0 aromatic heterocycles. The van der Waals surface area contributed by atoms with Gasteiger partial charge in [-0.2, -0.15) is 0 Å². The normalized spacial score (nSPS) is 17.3. The van der Waals surface area contributed by atoms with Crippen molar-refractivity contribution >= 4 is 28.6 Å². The highest BCUT2D eigenvalue weighted by atomic mass is 16.5. The Morgan fingerprint density at radius 2 is 0.583 bits per heavy atom. The Morgan fingerprint density at radius 3 is 0.783 bits per heavy atom. The molecule has 354 valence electrons. The van der Waals surface area contributed by atoms with Gasteiger partial charge in [-0.3, -0.25) is 25.0 Å². The average molecular weight is 846 g/mol. The molecule has 0 spiro atoms. The van der Waals surface area contributed by atoms with Gasteiger partial charge in [0.1, 0.15) is 0 Å². The van der Waals surface area contributed by atoms with Crippen molar-refractivity contribution in [2.45, 2.75) is 233 Å². The first-order chi connectivity index (χ1) is 27.9. The Labute approximate surface area is 374 Å². The van der Waals surface area contributed by atoms with Crippen LogP contribution in [0.1, 0.15) is 203 Å². The van der Waals surface area contributed by atoms with Crippen molar-refractivity contribution in [1.82, 2.24) is 0 Å². The lowest BCUT2D eigenvalue weighted by Gasteiger charge is -2.33. The Bertz CT molecular complexity index is 1110. The third-order valence-corrected chi connectivity index (χ3v) is 10.0. The lowest BCUT2D eigenvalue weighted by molar-refractivity contribution is -0.0748. The molecule has 0 aliphatic carbocycles. The molecule has 0 amide bonds. The zero-order valence-corrected chi connectivity index (χ0v) is 43.8. The maximum Gasteiger partial charge on any atom is 0.0704 e. The molecule has 0 saturated carbocycles. The van der Waals surface area contributed by atoms with Crippen LogP contribution in [0.3, 0.4) is 0 Å². The van der Waals surface area contributed by atoms with E-state index in [9.17, 15) is 0 Å². The summed E-state index contributed by atoms with van der Waals surface area (Å²) in [6, 6.07) is 1.32. The summed E-state index contributed by atoms with van der Waals surface area (Å²) >= 11 is 0. The predicted molar refractivity (Wildman–Crippen MR) is 269 cm³/mol. The van der Waals surface area contributed by atoms with E-state index in [0.29, 0.717) is 81.3 Å². The van der Waals surface area contributed by atoms with Crippen LogP contribution in [0, 0.1) is 35.0 Å². The largest absolute Gasteiger partial charge is 0.378 e. The molecule has 8 heteroatoms. The molecule has 0 rings (SSSR count). The van der Waals surface area contributed by atoms with Crippen LogP contribution < -0.4 is 0 Å². The Morgan fingerprint density at radius 1 is 0.367 bits per heavy atom. The highest BCUT2D eigenvalue weighted by Gasteiger charge is 2.30. The van der Waals surface area contributed by atoms with Gasteiger partial charge in [0.05, 0.1) is 57.8 Å². The molecule has 0 aromatic rings. The fourth-order valence-corrected chi connectivity index (χ4v) is 7.82. The number of hydrogen-bond acceptors (Lipinski definition) is 8. The number of rotatable bonds is 32. The molecule has 0 aliphatic rings. The van der Waals surface area contributed by atoms with Gasteiger partial charge in [-0.1, -0.05) is 76.2 Å². The molecule has 0 aromatic carbocycles. The van der Waals surface area contributed by atoms with Gasteiger partial charge in [-0.25, -0.2) is 0 Å². The van der Waals surface area contributed by atoms with Crippen molar-refractivity contribution in [2.75, 3.05) is 39.6 Å². The summed E-state index contributed by atoms with van der Waals surface area (Å²) in [5.41, 5.74) is 5.97. The van der Waals surface area contributed by atoms with Crippen LogP contribution >= 0.6 is 0 Å². The molecule has 8 nitrogen and oxygen atoms in total. The molecule has 0 N–H and O–H groups in total. The van der Waals surface area contributed by atoms with Crippen LogP contribution in [-0.4, -0.2) is 98.4 Å². The molecule has 0 heterocycles. The number of nitrogens with zero attached hydrogens (tertiary/aromatic N) is 5. The van der Waals surface area contributed by atoms with Crippen molar-refractivity contribution in [2.24, 2.45) is 60.0 Å². The highest BCUT2D eigenvalue weighted by molar-refractivity contribution is 5.83. The lowest BCUT2D eigenvalue weighted by Crippen LogP contribution is -2.38. The fourth-order valence-electron chi connectivity index (χ4n) is 7.82. The maximum absolute atomic E-state index is 6.27. The number of aliphatic imine (C=N–C) groups is 5. The minimum Gasteiger partial charge on any atom is -0.378 e. The monoisotopic (exact) mass is 846 g/mol. The molecule has 0 fully saturated rings. The summed E-state index contributed by atoms with van der Waals surface area (Å²) < 4.78 is 18.8. The second kappa shape index (κ2) is 34.7. The summed E-state index contributed by atoms with van der Waals surface area (Å²) in [5, 5.41) is 0. The molecule has 0 bridgehead atoms. The standard InChI is InChI=1S/C33H65N3O3.C19H38N2/c1-14-33(21-37-18-30(11)34-27(8)15-24(2)3,22-38-19-31(12)35-28(9)16-25(4)5)23-39-20-32(13)36-29(10)17-26(6)7;1-14(2)12-18(7)20-16(5)10-9-11-17(6)21-19(8)13-15(3)4/h24-26,30-32H,14-23H2,1-13H3;14-17H,9-13H2,1-8H3. The van der Waals surface area contributed by atoms with Crippen LogP contribution in [0.15, 0.2) is 25.0 Å². The molecule has 5 unspecified atom stereocenters. The van der Waals surface area contributed by atoms with Gasteiger partial charge in [0, 0.05) is 46.1 Å². The van der Waals surface area contributed by atoms with Gasteiger partial charge in [-0.15, -0.1) is 0 Å². The van der Waals surface area contributed by atoms with E-state index >= 15 is 0 Å².